The minimum absolute atomic E-state index is 0.225. The first-order valence-corrected chi connectivity index (χ1v) is 12.0. The zero-order valence-corrected chi connectivity index (χ0v) is 21.1. The lowest BCUT2D eigenvalue weighted by atomic mass is 9.96. The van der Waals surface area contributed by atoms with E-state index < -0.39 is 12.0 Å². The molecule has 1 atom stereocenters. The number of carbonyl (C=O) groups excluding carboxylic acids is 1. The lowest BCUT2D eigenvalue weighted by Gasteiger charge is -2.25. The zero-order valence-electron chi connectivity index (χ0n) is 18.7. The summed E-state index contributed by atoms with van der Waals surface area (Å²) in [4.78, 5) is 31.8. The molecule has 1 unspecified atom stereocenters. The second-order valence-electron chi connectivity index (χ2n) is 7.83. The summed E-state index contributed by atoms with van der Waals surface area (Å²) >= 11 is 4.76. The van der Waals surface area contributed by atoms with Gasteiger partial charge < -0.3 is 9.47 Å². The summed E-state index contributed by atoms with van der Waals surface area (Å²) in [6.07, 6.45) is 1.50. The van der Waals surface area contributed by atoms with Crippen molar-refractivity contribution in [2.75, 3.05) is 7.11 Å². The van der Waals surface area contributed by atoms with E-state index in [-0.39, 0.29) is 11.7 Å². The van der Waals surface area contributed by atoms with Crippen LogP contribution < -0.4 is 19.6 Å². The van der Waals surface area contributed by atoms with E-state index in [0.29, 0.717) is 26.4 Å². The van der Waals surface area contributed by atoms with Crippen molar-refractivity contribution in [1.82, 2.24) is 4.57 Å². The third kappa shape index (κ3) is 4.58. The maximum Gasteiger partial charge on any atom is 0.338 e. The molecule has 33 heavy (non-hydrogen) atoms. The second kappa shape index (κ2) is 9.49. The first-order valence-electron chi connectivity index (χ1n) is 10.4. The molecule has 0 radical (unpaired) electrons. The van der Waals surface area contributed by atoms with Crippen LogP contribution in [0.3, 0.4) is 0 Å². The molecule has 8 heteroatoms. The quantitative estimate of drug-likeness (QED) is 0.472. The van der Waals surface area contributed by atoms with Crippen LogP contribution in [0.4, 0.5) is 0 Å². The van der Waals surface area contributed by atoms with Crippen molar-refractivity contribution in [3.63, 3.8) is 0 Å². The van der Waals surface area contributed by atoms with E-state index in [9.17, 15) is 9.59 Å². The maximum atomic E-state index is 13.6. The molecule has 0 spiro atoms. The average molecular weight is 527 g/mol. The molecular weight excluding hydrogens is 504 g/mol. The summed E-state index contributed by atoms with van der Waals surface area (Å²) in [5.74, 6) is 0.184. The molecule has 0 bridgehead atoms. The van der Waals surface area contributed by atoms with E-state index in [2.05, 4.69) is 20.9 Å². The SMILES string of the molecule is COc1ccc(Br)cc1C=c1sc2n(c1=O)C(c1ccccc1)C(C(=O)OC(C)C)=C(C)N=2. The number of hydrogen-bond acceptors (Lipinski definition) is 6. The number of carbonyl (C=O) groups is 1. The summed E-state index contributed by atoms with van der Waals surface area (Å²) in [5, 5.41) is 0. The van der Waals surface area contributed by atoms with Gasteiger partial charge in [-0.3, -0.25) is 9.36 Å². The van der Waals surface area contributed by atoms with E-state index >= 15 is 0 Å². The largest absolute Gasteiger partial charge is 0.496 e. The summed E-state index contributed by atoms with van der Waals surface area (Å²) in [6.45, 7) is 5.37. The number of thiazole rings is 1. The van der Waals surface area contributed by atoms with Crippen LogP contribution in [0.5, 0.6) is 5.75 Å². The van der Waals surface area contributed by atoms with E-state index in [1.807, 2.05) is 48.5 Å². The van der Waals surface area contributed by atoms with Gasteiger partial charge >= 0.3 is 5.97 Å². The van der Waals surface area contributed by atoms with Crippen LogP contribution in [-0.2, 0) is 9.53 Å². The Morgan fingerprint density at radius 2 is 1.94 bits per heavy atom. The number of hydrogen-bond donors (Lipinski definition) is 0. The molecule has 1 aliphatic heterocycles. The molecule has 0 saturated heterocycles. The lowest BCUT2D eigenvalue weighted by Crippen LogP contribution is -2.40. The first-order chi connectivity index (χ1) is 15.8. The molecule has 1 aliphatic rings. The van der Waals surface area contributed by atoms with E-state index in [4.69, 9.17) is 9.47 Å². The molecule has 4 rings (SSSR count). The minimum Gasteiger partial charge on any atom is -0.496 e. The normalized spacial score (nSPS) is 15.9. The van der Waals surface area contributed by atoms with E-state index in [1.54, 1.807) is 38.5 Å². The van der Waals surface area contributed by atoms with Crippen molar-refractivity contribution in [3.05, 3.63) is 95.1 Å². The van der Waals surface area contributed by atoms with Gasteiger partial charge in [0.2, 0.25) is 0 Å². The van der Waals surface area contributed by atoms with Crippen molar-refractivity contribution in [1.29, 1.82) is 0 Å². The van der Waals surface area contributed by atoms with Crippen LogP contribution in [0.2, 0.25) is 0 Å². The fourth-order valence-corrected chi connectivity index (χ4v) is 5.19. The third-order valence-electron chi connectivity index (χ3n) is 5.18. The van der Waals surface area contributed by atoms with Gasteiger partial charge in [0.25, 0.3) is 5.56 Å². The van der Waals surface area contributed by atoms with Crippen molar-refractivity contribution in [2.45, 2.75) is 32.9 Å². The van der Waals surface area contributed by atoms with Gasteiger partial charge in [-0.15, -0.1) is 0 Å². The number of fused-ring (bicyclic) bond motifs is 1. The maximum absolute atomic E-state index is 13.6. The van der Waals surface area contributed by atoms with Gasteiger partial charge in [-0.25, -0.2) is 9.79 Å². The fourth-order valence-electron chi connectivity index (χ4n) is 3.77. The van der Waals surface area contributed by atoms with Gasteiger partial charge in [-0.05, 0) is 50.6 Å². The Balaban J connectivity index is 1.96. The van der Waals surface area contributed by atoms with Crippen LogP contribution in [0.25, 0.3) is 6.08 Å². The molecule has 0 aliphatic carbocycles. The highest BCUT2D eigenvalue weighted by Crippen LogP contribution is 2.31. The van der Waals surface area contributed by atoms with Gasteiger partial charge in [0, 0.05) is 10.0 Å². The van der Waals surface area contributed by atoms with Crippen molar-refractivity contribution >= 4 is 39.3 Å². The lowest BCUT2D eigenvalue weighted by molar-refractivity contribution is -0.143. The Morgan fingerprint density at radius 1 is 1.21 bits per heavy atom. The number of ether oxygens (including phenoxy) is 2. The van der Waals surface area contributed by atoms with Gasteiger partial charge in [-0.2, -0.15) is 0 Å². The Hall–Kier alpha value is -2.97. The number of allylic oxidation sites excluding steroid dienone is 1. The van der Waals surface area contributed by atoms with E-state index in [0.717, 1.165) is 15.6 Å². The molecule has 170 valence electrons. The van der Waals surface area contributed by atoms with Gasteiger partial charge in [0.15, 0.2) is 4.80 Å². The molecule has 3 aromatic rings. The molecule has 0 N–H and O–H groups in total. The summed E-state index contributed by atoms with van der Waals surface area (Å²) in [7, 11) is 1.59. The predicted octanol–water partition coefficient (Wildman–Crippen LogP) is 3.96. The highest BCUT2D eigenvalue weighted by molar-refractivity contribution is 9.10. The van der Waals surface area contributed by atoms with E-state index in [1.165, 1.54) is 11.3 Å². The van der Waals surface area contributed by atoms with Gasteiger partial charge in [0.05, 0.1) is 35.1 Å². The Bertz CT molecular complexity index is 1420. The zero-order chi connectivity index (χ0) is 23.7. The van der Waals surface area contributed by atoms with Crippen LogP contribution >= 0.6 is 27.3 Å². The number of aromatic nitrogens is 1. The smallest absolute Gasteiger partial charge is 0.338 e. The molecular formula is C25H23BrN2O4S. The number of esters is 1. The molecule has 6 nitrogen and oxygen atoms in total. The van der Waals surface area contributed by atoms with Crippen molar-refractivity contribution in [2.24, 2.45) is 4.99 Å². The predicted molar refractivity (Wildman–Crippen MR) is 132 cm³/mol. The highest BCUT2D eigenvalue weighted by atomic mass is 79.9. The second-order valence-corrected chi connectivity index (χ2v) is 9.76. The van der Waals surface area contributed by atoms with Crippen LogP contribution in [-0.4, -0.2) is 23.8 Å². The third-order valence-corrected chi connectivity index (χ3v) is 6.65. The molecule has 2 heterocycles. The molecule has 0 saturated carbocycles. The fraction of sp³-hybridized carbons (Fsp3) is 0.240. The number of benzene rings is 2. The van der Waals surface area contributed by atoms with Crippen molar-refractivity contribution < 1.29 is 14.3 Å². The van der Waals surface area contributed by atoms with Gasteiger partial charge in [-0.1, -0.05) is 57.6 Å². The first kappa shape index (κ1) is 23.2. The van der Waals surface area contributed by atoms with Crippen LogP contribution in [0.15, 0.2) is 74.1 Å². The molecule has 2 aromatic carbocycles. The average Bonchev–Trinajstić information content (AvgIpc) is 3.07. The Morgan fingerprint density at radius 3 is 2.61 bits per heavy atom. The standard InChI is InChI=1S/C25H23BrN2O4S/c1-14(2)32-24(30)21-15(3)27-25-28(22(21)16-8-6-5-7-9-16)23(29)20(33-25)13-17-12-18(26)10-11-19(17)31-4/h5-14,22H,1-4H3. The monoisotopic (exact) mass is 526 g/mol. The molecule has 0 fully saturated rings. The summed E-state index contributed by atoms with van der Waals surface area (Å²) in [6, 6.07) is 14.5. The van der Waals surface area contributed by atoms with Gasteiger partial charge in [0.1, 0.15) is 5.75 Å². The number of halogens is 1. The summed E-state index contributed by atoms with van der Waals surface area (Å²) in [5.41, 5.74) is 2.27. The van der Waals surface area contributed by atoms with Crippen molar-refractivity contribution in [3.8, 4) is 5.75 Å². The highest BCUT2D eigenvalue weighted by Gasteiger charge is 2.33. The topological polar surface area (TPSA) is 69.9 Å². The number of methoxy groups -OCH3 is 1. The molecule has 0 amide bonds. The number of nitrogens with zero attached hydrogens (tertiary/aromatic N) is 2. The molecule has 1 aromatic heterocycles. The number of rotatable bonds is 5. The Kier molecular flexibility index (Phi) is 6.67. The Labute approximate surface area is 203 Å². The minimum atomic E-state index is -0.625. The summed E-state index contributed by atoms with van der Waals surface area (Å²) < 4.78 is 13.9. The van der Waals surface area contributed by atoms with Crippen LogP contribution in [0.1, 0.15) is 37.9 Å². The van der Waals surface area contributed by atoms with Crippen LogP contribution in [0, 0.1) is 0 Å².